The number of alkyl halides is 1. The first-order chi connectivity index (χ1) is 7.97. The average Bonchev–Trinajstić information content (AvgIpc) is 2.66. The summed E-state index contributed by atoms with van der Waals surface area (Å²) in [6, 6.07) is -0.764. The van der Waals surface area contributed by atoms with Crippen LogP contribution in [-0.4, -0.2) is 44.4 Å². The van der Waals surface area contributed by atoms with E-state index < -0.39 is 24.2 Å². The molecule has 1 saturated heterocycles. The van der Waals surface area contributed by atoms with Crippen LogP contribution in [0.5, 0.6) is 0 Å². The maximum Gasteiger partial charge on any atom is 0.240 e. The van der Waals surface area contributed by atoms with Crippen molar-refractivity contribution in [1.82, 2.24) is 10.6 Å². The summed E-state index contributed by atoms with van der Waals surface area (Å²) in [6.45, 7) is 3.13. The number of nitrogens with one attached hydrogen (secondary N) is 2. The van der Waals surface area contributed by atoms with Crippen LogP contribution in [-0.2, 0) is 9.53 Å². The number of rotatable bonds is 4. The van der Waals surface area contributed by atoms with Gasteiger partial charge < -0.3 is 15.4 Å². The lowest BCUT2D eigenvalue weighted by atomic mass is 10.1. The van der Waals surface area contributed by atoms with Crippen LogP contribution < -0.4 is 10.6 Å². The highest BCUT2D eigenvalue weighted by atomic mass is 19.1. The Bertz CT molecular complexity index is 317. The molecule has 0 saturated carbocycles. The second-order valence-electron chi connectivity index (χ2n) is 4.22. The molecule has 6 heteroatoms. The molecule has 0 aromatic rings. The Morgan fingerprint density at radius 3 is 2.71 bits per heavy atom. The van der Waals surface area contributed by atoms with Gasteiger partial charge in [0.2, 0.25) is 5.91 Å². The molecule has 0 aromatic carbocycles. The first kappa shape index (κ1) is 14.1. The van der Waals surface area contributed by atoms with Crippen LogP contribution in [0.25, 0.3) is 0 Å². The van der Waals surface area contributed by atoms with E-state index in [-0.39, 0.29) is 18.9 Å². The highest BCUT2D eigenvalue weighted by molar-refractivity contribution is 5.83. The highest BCUT2D eigenvalue weighted by Crippen LogP contribution is 2.15. The molecule has 1 aliphatic rings. The van der Waals surface area contributed by atoms with E-state index in [0.29, 0.717) is 5.57 Å². The number of halogens is 2. The number of ether oxygens (including phenoxy) is 1. The van der Waals surface area contributed by atoms with Gasteiger partial charge in [-0.25, -0.2) is 8.78 Å². The molecule has 2 N–H and O–H groups in total. The maximum atomic E-state index is 13.3. The molecule has 0 radical (unpaired) electrons. The van der Waals surface area contributed by atoms with Crippen molar-refractivity contribution in [2.75, 3.05) is 20.2 Å². The van der Waals surface area contributed by atoms with Gasteiger partial charge in [0.05, 0.1) is 6.54 Å². The lowest BCUT2D eigenvalue weighted by molar-refractivity contribution is -0.125. The molecule has 1 aliphatic heterocycles. The fourth-order valence-electron chi connectivity index (χ4n) is 1.66. The normalized spacial score (nSPS) is 27.9. The third kappa shape index (κ3) is 3.47. The van der Waals surface area contributed by atoms with Crippen molar-refractivity contribution < 1.29 is 18.3 Å². The van der Waals surface area contributed by atoms with E-state index in [9.17, 15) is 13.6 Å². The highest BCUT2D eigenvalue weighted by Gasteiger charge is 2.40. The van der Waals surface area contributed by atoms with Gasteiger partial charge in [-0.3, -0.25) is 4.79 Å². The largest absolute Gasteiger partial charge is 0.376 e. The van der Waals surface area contributed by atoms with Crippen LogP contribution in [0.4, 0.5) is 8.78 Å². The van der Waals surface area contributed by atoms with Crippen LogP contribution in [0.15, 0.2) is 11.4 Å². The first-order valence-electron chi connectivity index (χ1n) is 5.47. The molecule has 0 aliphatic carbocycles. The number of hydrogen-bond donors (Lipinski definition) is 2. The molecule has 17 heavy (non-hydrogen) atoms. The number of allylic oxidation sites excluding steroid dienone is 1. The fourth-order valence-corrected chi connectivity index (χ4v) is 1.66. The summed E-state index contributed by atoms with van der Waals surface area (Å²) in [5.74, 6) is -0.837. The van der Waals surface area contributed by atoms with Crippen molar-refractivity contribution in [3.8, 4) is 0 Å². The molecule has 98 valence electrons. The summed E-state index contributed by atoms with van der Waals surface area (Å²) >= 11 is 0. The van der Waals surface area contributed by atoms with Crippen LogP contribution in [0.2, 0.25) is 0 Å². The summed E-state index contributed by atoms with van der Waals surface area (Å²) in [5, 5.41) is 5.12. The topological polar surface area (TPSA) is 50.4 Å². The number of amides is 1. The van der Waals surface area contributed by atoms with E-state index in [2.05, 4.69) is 10.6 Å². The van der Waals surface area contributed by atoms with Gasteiger partial charge in [0, 0.05) is 13.7 Å². The Morgan fingerprint density at radius 2 is 2.18 bits per heavy atom. The SMILES string of the molecule is COC1C(F)CNC1C(=O)NCC(F)=C(C)C. The van der Waals surface area contributed by atoms with Gasteiger partial charge in [-0.1, -0.05) is 0 Å². The molecular weight excluding hydrogens is 230 g/mol. The van der Waals surface area contributed by atoms with Crippen LogP contribution in [0, 0.1) is 0 Å². The standard InChI is InChI=1S/C11H18F2N2O2/c1-6(2)7(12)4-15-11(16)9-10(17-3)8(13)5-14-9/h8-10,14H,4-5H2,1-3H3,(H,15,16). The molecule has 1 rings (SSSR count). The monoisotopic (exact) mass is 248 g/mol. The Hall–Kier alpha value is -1.01. The quantitative estimate of drug-likeness (QED) is 0.769. The molecule has 4 nitrogen and oxygen atoms in total. The summed E-state index contributed by atoms with van der Waals surface area (Å²) in [6.07, 6.45) is -2.03. The third-order valence-electron chi connectivity index (χ3n) is 2.73. The summed E-state index contributed by atoms with van der Waals surface area (Å²) in [4.78, 5) is 11.7. The average molecular weight is 248 g/mol. The van der Waals surface area contributed by atoms with Crippen LogP contribution in [0.3, 0.4) is 0 Å². The Kier molecular flexibility index (Phi) is 5.02. The molecule has 3 unspecified atom stereocenters. The Morgan fingerprint density at radius 1 is 1.53 bits per heavy atom. The zero-order valence-corrected chi connectivity index (χ0v) is 10.2. The minimum atomic E-state index is -1.22. The maximum absolute atomic E-state index is 13.3. The van der Waals surface area contributed by atoms with E-state index >= 15 is 0 Å². The van der Waals surface area contributed by atoms with E-state index in [1.807, 2.05) is 0 Å². The van der Waals surface area contributed by atoms with Gasteiger partial charge in [-0.15, -0.1) is 0 Å². The molecule has 3 atom stereocenters. The van der Waals surface area contributed by atoms with Crippen molar-refractivity contribution in [2.24, 2.45) is 0 Å². The minimum Gasteiger partial charge on any atom is -0.376 e. The molecule has 0 spiro atoms. The van der Waals surface area contributed by atoms with Crippen LogP contribution >= 0.6 is 0 Å². The van der Waals surface area contributed by atoms with Gasteiger partial charge in [0.25, 0.3) is 0 Å². The van der Waals surface area contributed by atoms with Gasteiger partial charge in [0.15, 0.2) is 0 Å². The molecular formula is C11H18F2N2O2. The van der Waals surface area contributed by atoms with Gasteiger partial charge in [0.1, 0.15) is 24.1 Å². The molecule has 0 aromatic heterocycles. The predicted octanol–water partition coefficient (Wildman–Crippen LogP) is 0.691. The van der Waals surface area contributed by atoms with Crippen molar-refractivity contribution >= 4 is 5.91 Å². The molecule has 1 fully saturated rings. The number of methoxy groups -OCH3 is 1. The second-order valence-corrected chi connectivity index (χ2v) is 4.22. The van der Waals surface area contributed by atoms with Gasteiger partial charge >= 0.3 is 0 Å². The number of carbonyl (C=O) groups excluding carboxylic acids is 1. The fraction of sp³-hybridized carbons (Fsp3) is 0.727. The molecule has 1 amide bonds. The van der Waals surface area contributed by atoms with Gasteiger partial charge in [-0.2, -0.15) is 0 Å². The minimum absolute atomic E-state index is 0.0712. The lowest BCUT2D eigenvalue weighted by Crippen LogP contribution is -2.47. The number of hydrogen-bond acceptors (Lipinski definition) is 3. The zero-order chi connectivity index (χ0) is 13.0. The van der Waals surface area contributed by atoms with Crippen molar-refractivity contribution in [3.05, 3.63) is 11.4 Å². The van der Waals surface area contributed by atoms with Crippen LogP contribution in [0.1, 0.15) is 13.8 Å². The Labute approximate surface area is 99.4 Å². The van der Waals surface area contributed by atoms with Crippen molar-refractivity contribution in [2.45, 2.75) is 32.2 Å². The smallest absolute Gasteiger partial charge is 0.240 e. The third-order valence-corrected chi connectivity index (χ3v) is 2.73. The Balaban J connectivity index is 2.51. The summed E-state index contributed by atoms with van der Waals surface area (Å²) < 4.78 is 31.4. The van der Waals surface area contributed by atoms with E-state index in [1.165, 1.54) is 7.11 Å². The van der Waals surface area contributed by atoms with E-state index in [0.717, 1.165) is 0 Å². The summed E-state index contributed by atoms with van der Waals surface area (Å²) in [5.41, 5.74) is 0.511. The summed E-state index contributed by atoms with van der Waals surface area (Å²) in [7, 11) is 1.35. The first-order valence-corrected chi connectivity index (χ1v) is 5.47. The predicted molar refractivity (Wildman–Crippen MR) is 60.0 cm³/mol. The molecule has 1 heterocycles. The lowest BCUT2D eigenvalue weighted by Gasteiger charge is -2.18. The van der Waals surface area contributed by atoms with Crippen molar-refractivity contribution in [3.63, 3.8) is 0 Å². The van der Waals surface area contributed by atoms with Gasteiger partial charge in [-0.05, 0) is 19.4 Å². The molecule has 0 bridgehead atoms. The van der Waals surface area contributed by atoms with E-state index in [1.54, 1.807) is 13.8 Å². The van der Waals surface area contributed by atoms with E-state index in [4.69, 9.17) is 4.74 Å². The second kappa shape index (κ2) is 6.07. The number of carbonyl (C=O) groups is 1. The van der Waals surface area contributed by atoms with Crippen molar-refractivity contribution in [1.29, 1.82) is 0 Å². The zero-order valence-electron chi connectivity index (χ0n) is 10.2.